The molecule has 2 heterocycles. The highest BCUT2D eigenvalue weighted by molar-refractivity contribution is 7.10. The SMILES string of the molecule is O=C(Cc1cccs1)N[C@H]1C[N]C1=O. The van der Waals surface area contributed by atoms with Gasteiger partial charge in [-0.15, -0.1) is 11.3 Å². The molecule has 0 spiro atoms. The van der Waals surface area contributed by atoms with E-state index in [2.05, 4.69) is 10.6 Å². The molecule has 0 saturated carbocycles. The van der Waals surface area contributed by atoms with Crippen molar-refractivity contribution in [1.82, 2.24) is 10.6 Å². The molecule has 0 bridgehead atoms. The molecule has 1 N–H and O–H groups in total. The number of nitrogens with zero attached hydrogens (tertiary/aromatic N) is 1. The minimum Gasteiger partial charge on any atom is -0.342 e. The fraction of sp³-hybridized carbons (Fsp3) is 0.333. The number of carbonyl (C=O) groups is 2. The van der Waals surface area contributed by atoms with Crippen LogP contribution in [0.3, 0.4) is 0 Å². The minimum absolute atomic E-state index is 0.110. The average molecular weight is 209 g/mol. The molecule has 5 heteroatoms. The normalized spacial score (nSPS) is 19.7. The number of nitrogens with one attached hydrogen (secondary N) is 1. The quantitative estimate of drug-likeness (QED) is 0.708. The second-order valence-corrected chi connectivity index (χ2v) is 4.09. The Morgan fingerprint density at radius 2 is 2.57 bits per heavy atom. The molecule has 1 aliphatic rings. The van der Waals surface area contributed by atoms with Crippen LogP contribution in [0.5, 0.6) is 0 Å². The van der Waals surface area contributed by atoms with E-state index in [1.54, 1.807) is 0 Å². The molecule has 1 aromatic rings. The van der Waals surface area contributed by atoms with Gasteiger partial charge in [0.2, 0.25) is 5.91 Å². The molecular weight excluding hydrogens is 200 g/mol. The molecule has 0 aliphatic carbocycles. The first kappa shape index (κ1) is 9.21. The average Bonchev–Trinajstić information content (AvgIpc) is 2.64. The van der Waals surface area contributed by atoms with E-state index in [0.717, 1.165) is 4.88 Å². The van der Waals surface area contributed by atoms with Gasteiger partial charge in [-0.25, -0.2) is 5.32 Å². The van der Waals surface area contributed by atoms with E-state index in [1.165, 1.54) is 11.3 Å². The number of hydrogen-bond acceptors (Lipinski definition) is 3. The Labute approximate surface area is 85.3 Å². The number of rotatable bonds is 3. The second kappa shape index (κ2) is 3.79. The Hall–Kier alpha value is -1.36. The van der Waals surface area contributed by atoms with E-state index in [0.29, 0.717) is 13.0 Å². The molecule has 2 amide bonds. The molecule has 2 rings (SSSR count). The minimum atomic E-state index is -0.373. The zero-order valence-corrected chi connectivity index (χ0v) is 8.21. The Bertz CT molecular complexity index is 348. The van der Waals surface area contributed by atoms with Crippen molar-refractivity contribution in [2.75, 3.05) is 6.54 Å². The van der Waals surface area contributed by atoms with Crippen molar-refractivity contribution in [3.63, 3.8) is 0 Å². The third-order valence-electron chi connectivity index (χ3n) is 1.98. The molecule has 1 atom stereocenters. The molecule has 14 heavy (non-hydrogen) atoms. The summed E-state index contributed by atoms with van der Waals surface area (Å²) in [6.45, 7) is 0.426. The maximum absolute atomic E-state index is 11.4. The number of amides is 2. The molecule has 4 nitrogen and oxygen atoms in total. The number of β-lactam (4-membered cyclic amide) rings is 1. The number of carbonyl (C=O) groups excluding carboxylic acids is 2. The van der Waals surface area contributed by atoms with Gasteiger partial charge in [0.25, 0.3) is 5.91 Å². The Balaban J connectivity index is 1.82. The van der Waals surface area contributed by atoms with Crippen LogP contribution in [0.2, 0.25) is 0 Å². The van der Waals surface area contributed by atoms with E-state index in [9.17, 15) is 9.59 Å². The van der Waals surface area contributed by atoms with E-state index in [1.807, 2.05) is 17.5 Å². The second-order valence-electron chi connectivity index (χ2n) is 3.06. The van der Waals surface area contributed by atoms with E-state index in [-0.39, 0.29) is 17.9 Å². The van der Waals surface area contributed by atoms with Crippen molar-refractivity contribution < 1.29 is 9.59 Å². The summed E-state index contributed by atoms with van der Waals surface area (Å²) < 4.78 is 0. The lowest BCUT2D eigenvalue weighted by molar-refractivity contribution is -0.133. The Kier molecular flexibility index (Phi) is 2.49. The van der Waals surface area contributed by atoms with Crippen molar-refractivity contribution in [3.8, 4) is 0 Å². The molecule has 1 aromatic heterocycles. The van der Waals surface area contributed by atoms with Crippen molar-refractivity contribution in [2.24, 2.45) is 0 Å². The summed E-state index contributed by atoms with van der Waals surface area (Å²) in [6.07, 6.45) is 0.349. The Morgan fingerprint density at radius 1 is 1.71 bits per heavy atom. The van der Waals surface area contributed by atoms with E-state index in [4.69, 9.17) is 0 Å². The molecule has 1 radical (unpaired) electrons. The Morgan fingerprint density at radius 3 is 3.07 bits per heavy atom. The van der Waals surface area contributed by atoms with Gasteiger partial charge in [-0.3, -0.25) is 9.59 Å². The van der Waals surface area contributed by atoms with Crippen LogP contribution in [0.4, 0.5) is 0 Å². The summed E-state index contributed by atoms with van der Waals surface area (Å²) in [7, 11) is 0. The highest BCUT2D eigenvalue weighted by atomic mass is 32.1. The highest BCUT2D eigenvalue weighted by Crippen LogP contribution is 2.09. The van der Waals surface area contributed by atoms with E-state index >= 15 is 0 Å². The van der Waals surface area contributed by atoms with Gasteiger partial charge in [0.05, 0.1) is 13.0 Å². The predicted molar refractivity (Wildman–Crippen MR) is 52.0 cm³/mol. The summed E-state index contributed by atoms with van der Waals surface area (Å²) in [5, 5.41) is 8.10. The van der Waals surface area contributed by atoms with Crippen LogP contribution in [0.1, 0.15) is 4.88 Å². The highest BCUT2D eigenvalue weighted by Gasteiger charge is 2.30. The lowest BCUT2D eigenvalue weighted by Crippen LogP contribution is -2.58. The van der Waals surface area contributed by atoms with Crippen molar-refractivity contribution in [1.29, 1.82) is 0 Å². The van der Waals surface area contributed by atoms with Crippen LogP contribution in [0.25, 0.3) is 0 Å². The third kappa shape index (κ3) is 1.93. The lowest BCUT2D eigenvalue weighted by atomic mass is 10.1. The van der Waals surface area contributed by atoms with Gasteiger partial charge in [-0.1, -0.05) is 6.07 Å². The van der Waals surface area contributed by atoms with Crippen molar-refractivity contribution in [3.05, 3.63) is 22.4 Å². The molecule has 0 unspecified atom stereocenters. The molecule has 73 valence electrons. The number of thiophene rings is 1. The zero-order chi connectivity index (χ0) is 9.97. The monoisotopic (exact) mass is 209 g/mol. The van der Waals surface area contributed by atoms with Gasteiger partial charge in [0, 0.05) is 4.88 Å². The largest absolute Gasteiger partial charge is 0.342 e. The first-order valence-electron chi connectivity index (χ1n) is 4.29. The van der Waals surface area contributed by atoms with Gasteiger partial charge in [-0.05, 0) is 11.4 Å². The summed E-state index contributed by atoms with van der Waals surface area (Å²) in [5.41, 5.74) is 0. The van der Waals surface area contributed by atoms with Gasteiger partial charge in [0.15, 0.2) is 0 Å². The van der Waals surface area contributed by atoms with Crippen LogP contribution >= 0.6 is 11.3 Å². The fourth-order valence-electron chi connectivity index (χ4n) is 1.18. The standard InChI is InChI=1S/C9H9N2O2S/c12-8(4-6-2-1-3-14-6)11-7-5-10-9(7)13/h1-3,7H,4-5H2,(H,11,12)/t7-/m0/s1. The van der Waals surface area contributed by atoms with Gasteiger partial charge < -0.3 is 5.32 Å². The first-order chi connectivity index (χ1) is 6.75. The summed E-state index contributed by atoms with van der Waals surface area (Å²) in [4.78, 5) is 23.2. The maximum atomic E-state index is 11.4. The topological polar surface area (TPSA) is 60.3 Å². The van der Waals surface area contributed by atoms with E-state index < -0.39 is 0 Å². The van der Waals surface area contributed by atoms with Gasteiger partial charge in [0.1, 0.15) is 6.04 Å². The van der Waals surface area contributed by atoms with Gasteiger partial charge in [-0.2, -0.15) is 0 Å². The summed E-state index contributed by atoms with van der Waals surface area (Å²) >= 11 is 1.54. The molecular formula is C9H9N2O2S. The molecule has 1 fully saturated rings. The lowest BCUT2D eigenvalue weighted by Gasteiger charge is -2.23. The fourth-order valence-corrected chi connectivity index (χ4v) is 1.88. The number of hydrogen-bond donors (Lipinski definition) is 1. The molecule has 1 aliphatic heterocycles. The van der Waals surface area contributed by atoms with Gasteiger partial charge >= 0.3 is 0 Å². The molecule has 0 aromatic carbocycles. The predicted octanol–water partition coefficient (Wildman–Crippen LogP) is -0.0800. The van der Waals surface area contributed by atoms with Crippen LogP contribution < -0.4 is 10.6 Å². The molecule has 1 saturated heterocycles. The first-order valence-corrected chi connectivity index (χ1v) is 5.17. The smallest absolute Gasteiger partial charge is 0.265 e. The van der Waals surface area contributed by atoms with Crippen LogP contribution in [0.15, 0.2) is 17.5 Å². The van der Waals surface area contributed by atoms with Crippen LogP contribution in [-0.2, 0) is 16.0 Å². The summed E-state index contributed by atoms with van der Waals surface area (Å²) in [5.74, 6) is -0.328. The van der Waals surface area contributed by atoms with Crippen LogP contribution in [0, 0.1) is 0 Å². The third-order valence-corrected chi connectivity index (χ3v) is 2.85. The van der Waals surface area contributed by atoms with Crippen molar-refractivity contribution >= 4 is 23.2 Å². The van der Waals surface area contributed by atoms with Crippen LogP contribution in [-0.4, -0.2) is 24.4 Å². The summed E-state index contributed by atoms with van der Waals surface area (Å²) in [6, 6.07) is 3.43. The zero-order valence-electron chi connectivity index (χ0n) is 7.40. The van der Waals surface area contributed by atoms with Crippen molar-refractivity contribution in [2.45, 2.75) is 12.5 Å². The maximum Gasteiger partial charge on any atom is 0.265 e.